The van der Waals surface area contributed by atoms with E-state index in [1.54, 1.807) is 0 Å². The van der Waals surface area contributed by atoms with Crippen LogP contribution in [0.25, 0.3) is 0 Å². The zero-order valence-electron chi connectivity index (χ0n) is 64.7. The maximum Gasteiger partial charge on any atom is 0.472 e. The molecular formula is C85H146O16P2. The van der Waals surface area contributed by atoms with Crippen LogP contribution in [0, 0.1) is 0 Å². The summed E-state index contributed by atoms with van der Waals surface area (Å²) in [4.78, 5) is 58.6. The van der Waals surface area contributed by atoms with E-state index >= 15 is 0 Å². The highest BCUT2D eigenvalue weighted by atomic mass is 31.2. The number of carbonyl (C=O) groups is 3. The third kappa shape index (κ3) is 78.6. The van der Waals surface area contributed by atoms with Gasteiger partial charge < -0.3 is 34.2 Å². The summed E-state index contributed by atoms with van der Waals surface area (Å²) in [5, 5.41) is 20.6. The molecule has 0 aliphatic carbocycles. The number of allylic oxidation sites excluding steroid dienone is 22. The molecule has 18 heteroatoms. The monoisotopic (exact) mass is 1490 g/mol. The van der Waals surface area contributed by atoms with Crippen molar-refractivity contribution in [1.82, 2.24) is 0 Å². The van der Waals surface area contributed by atoms with Gasteiger partial charge in [-0.2, -0.15) is 0 Å². The fraction of sp³-hybridized carbons (Fsp3) is 0.706. The van der Waals surface area contributed by atoms with E-state index < -0.39 is 91.5 Å². The molecule has 5 atom stereocenters. The number of aliphatic hydroxyl groups is 2. The third-order valence-corrected chi connectivity index (χ3v) is 18.7. The van der Waals surface area contributed by atoms with Gasteiger partial charge in [0.1, 0.15) is 25.4 Å². The SMILES string of the molecule is CC/C=C\C/C=C\C/C=C\C/C=C\CCCCCCC(=O)OCC(COP(=O)(O)OCC(O)COP(=O)(O)OCC(O)COC(=O)CCCCCCCCCCCCCCCCCCC/C=C\C/C=C\C/C=C\C/C=C\CCCCC)OC(=O)CCCCCCCCC/C=C\C/C=C\C/C=C\CC. The Morgan fingerprint density at radius 3 is 0.816 bits per heavy atom. The molecule has 0 saturated heterocycles. The Bertz CT molecular complexity index is 2410. The van der Waals surface area contributed by atoms with Crippen molar-refractivity contribution >= 4 is 33.6 Å². The highest BCUT2D eigenvalue weighted by molar-refractivity contribution is 7.47. The number of esters is 3. The Morgan fingerprint density at radius 2 is 0.515 bits per heavy atom. The molecule has 0 bridgehead atoms. The molecule has 0 aliphatic rings. The first-order valence-electron chi connectivity index (χ1n) is 40.5. The minimum atomic E-state index is -4.94. The number of rotatable bonds is 76. The molecule has 0 aliphatic heterocycles. The van der Waals surface area contributed by atoms with Gasteiger partial charge in [-0.25, -0.2) is 9.13 Å². The molecule has 0 heterocycles. The number of phosphoric acid groups is 2. The van der Waals surface area contributed by atoms with Crippen LogP contribution in [0.1, 0.15) is 329 Å². The van der Waals surface area contributed by atoms with Gasteiger partial charge in [-0.3, -0.25) is 32.5 Å². The Morgan fingerprint density at radius 1 is 0.282 bits per heavy atom. The second kappa shape index (κ2) is 77.3. The summed E-state index contributed by atoms with van der Waals surface area (Å²) in [7, 11) is -9.80. The first-order chi connectivity index (χ1) is 50.2. The smallest absolute Gasteiger partial charge is 0.463 e. The summed E-state index contributed by atoms with van der Waals surface area (Å²) >= 11 is 0. The standard InChI is InChI=1S/C85H146O16P2/c1-4-7-10-13-16-19-22-25-28-31-32-33-34-35-36-37-38-39-40-41-42-43-44-45-46-49-51-53-56-59-62-65-68-71-83(88)95-74-80(86)75-97-102(91,92)98-76-81(87)77-99-103(93,94)100-79-82(101-85(90)73-70-67-64-61-58-55-52-48-30-27-24-21-18-15-12-9-6-3)78-96-84(89)72-69-66-63-60-57-54-50-47-29-26-23-20-17-14-11-8-5-2/h8-9,11-12,16-21,25-30,32-33,35-36,50,54,80-82,86-87H,4-7,10,13-15,22-24,31,34,37-49,51-53,55-79H2,1-3H3,(H,91,92)(H,93,94)/b11-8-,12-9-,19-16-,20-17-,21-18-,28-25-,29-26-,30-27-,33-32-,36-35-,54-50-. The molecule has 0 fully saturated rings. The van der Waals surface area contributed by atoms with Gasteiger partial charge in [0.15, 0.2) is 6.10 Å². The second-order valence-electron chi connectivity index (χ2n) is 26.8. The predicted molar refractivity (Wildman–Crippen MR) is 426 cm³/mol. The molecule has 0 saturated carbocycles. The summed E-state index contributed by atoms with van der Waals surface area (Å²) < 4.78 is 61.1. The van der Waals surface area contributed by atoms with Crippen LogP contribution in [-0.4, -0.2) is 95.9 Å². The minimum Gasteiger partial charge on any atom is -0.463 e. The van der Waals surface area contributed by atoms with E-state index in [2.05, 4.69) is 154 Å². The second-order valence-corrected chi connectivity index (χ2v) is 29.7. The van der Waals surface area contributed by atoms with Gasteiger partial charge in [0.2, 0.25) is 0 Å². The van der Waals surface area contributed by atoms with Crippen LogP contribution in [0.5, 0.6) is 0 Å². The lowest BCUT2D eigenvalue weighted by molar-refractivity contribution is -0.161. The first-order valence-corrected chi connectivity index (χ1v) is 43.5. The topological polar surface area (TPSA) is 231 Å². The lowest BCUT2D eigenvalue weighted by Crippen LogP contribution is -2.30. The molecule has 592 valence electrons. The number of hydrogen-bond acceptors (Lipinski definition) is 14. The molecule has 5 unspecified atom stereocenters. The van der Waals surface area contributed by atoms with Gasteiger partial charge in [0.05, 0.1) is 26.4 Å². The zero-order valence-corrected chi connectivity index (χ0v) is 66.5. The lowest BCUT2D eigenvalue weighted by Gasteiger charge is -2.21. The molecule has 0 aromatic heterocycles. The summed E-state index contributed by atoms with van der Waals surface area (Å²) in [6.07, 6.45) is 93.7. The minimum absolute atomic E-state index is 0.0848. The molecule has 0 amide bonds. The molecule has 103 heavy (non-hydrogen) atoms. The molecule has 4 N–H and O–H groups in total. The van der Waals surface area contributed by atoms with Crippen molar-refractivity contribution in [2.75, 3.05) is 39.6 Å². The largest absolute Gasteiger partial charge is 0.472 e. The van der Waals surface area contributed by atoms with Crippen LogP contribution in [0.3, 0.4) is 0 Å². The summed E-state index contributed by atoms with van der Waals surface area (Å²) in [5.74, 6) is -1.61. The van der Waals surface area contributed by atoms with Crippen molar-refractivity contribution in [2.45, 2.75) is 347 Å². The van der Waals surface area contributed by atoms with Crippen LogP contribution in [0.15, 0.2) is 134 Å². The third-order valence-electron chi connectivity index (χ3n) is 16.8. The first kappa shape index (κ1) is 98.7. The average Bonchev–Trinajstić information content (AvgIpc) is 0.918. The number of ether oxygens (including phenoxy) is 3. The van der Waals surface area contributed by atoms with Crippen molar-refractivity contribution in [2.24, 2.45) is 0 Å². The molecule has 0 radical (unpaired) electrons. The van der Waals surface area contributed by atoms with Crippen LogP contribution < -0.4 is 0 Å². The van der Waals surface area contributed by atoms with Crippen molar-refractivity contribution in [1.29, 1.82) is 0 Å². The summed E-state index contributed by atoms with van der Waals surface area (Å²) in [6.45, 7) is 2.40. The number of hydrogen-bond donors (Lipinski definition) is 4. The summed E-state index contributed by atoms with van der Waals surface area (Å²) in [5.41, 5.74) is 0. The number of unbranched alkanes of at least 4 members (excludes halogenated alkanes) is 31. The van der Waals surface area contributed by atoms with E-state index in [-0.39, 0.29) is 19.3 Å². The van der Waals surface area contributed by atoms with Crippen LogP contribution in [0.4, 0.5) is 0 Å². The quantitative estimate of drug-likeness (QED) is 0.0146. The van der Waals surface area contributed by atoms with Crippen LogP contribution in [-0.2, 0) is 55.8 Å². The van der Waals surface area contributed by atoms with E-state index in [4.69, 9.17) is 32.3 Å². The number of phosphoric ester groups is 2. The van der Waals surface area contributed by atoms with Gasteiger partial charge in [0.25, 0.3) is 0 Å². The average molecular weight is 1490 g/mol. The lowest BCUT2D eigenvalue weighted by atomic mass is 10.0. The zero-order chi connectivity index (χ0) is 75.2. The highest BCUT2D eigenvalue weighted by Crippen LogP contribution is 2.45. The molecular weight excluding hydrogens is 1340 g/mol. The van der Waals surface area contributed by atoms with E-state index in [0.717, 1.165) is 154 Å². The molecule has 16 nitrogen and oxygen atoms in total. The fourth-order valence-electron chi connectivity index (χ4n) is 10.7. The molecule has 0 spiro atoms. The number of aliphatic hydroxyl groups excluding tert-OH is 2. The van der Waals surface area contributed by atoms with E-state index in [1.165, 1.54) is 116 Å². The molecule has 0 aromatic rings. The van der Waals surface area contributed by atoms with Crippen molar-refractivity contribution in [3.63, 3.8) is 0 Å². The number of carbonyl (C=O) groups excluding carboxylic acids is 3. The van der Waals surface area contributed by atoms with Gasteiger partial charge in [0, 0.05) is 19.3 Å². The maximum atomic E-state index is 13.0. The van der Waals surface area contributed by atoms with Gasteiger partial charge in [-0.15, -0.1) is 0 Å². The normalized spacial score (nSPS) is 14.7. The van der Waals surface area contributed by atoms with Gasteiger partial charge in [-0.05, 0) is 135 Å². The van der Waals surface area contributed by atoms with Crippen molar-refractivity contribution in [3.8, 4) is 0 Å². The Hall–Kier alpha value is -4.31. The molecule has 0 aromatic carbocycles. The van der Waals surface area contributed by atoms with Crippen molar-refractivity contribution < 1.29 is 75.8 Å². The van der Waals surface area contributed by atoms with Gasteiger partial charge >= 0.3 is 33.6 Å². The predicted octanol–water partition coefficient (Wildman–Crippen LogP) is 23.9. The van der Waals surface area contributed by atoms with E-state index in [1.807, 2.05) is 0 Å². The van der Waals surface area contributed by atoms with E-state index in [0.29, 0.717) is 19.3 Å². The highest BCUT2D eigenvalue weighted by Gasteiger charge is 2.29. The fourth-order valence-corrected chi connectivity index (χ4v) is 12.3. The molecule has 0 rings (SSSR count). The Kier molecular flexibility index (Phi) is 74.1. The van der Waals surface area contributed by atoms with Crippen molar-refractivity contribution in [3.05, 3.63) is 134 Å². The van der Waals surface area contributed by atoms with E-state index in [9.17, 15) is 43.5 Å². The Labute approximate surface area is 626 Å². The van der Waals surface area contributed by atoms with Crippen LogP contribution in [0.2, 0.25) is 0 Å². The summed E-state index contributed by atoms with van der Waals surface area (Å²) in [6, 6.07) is 0. The van der Waals surface area contributed by atoms with Gasteiger partial charge in [-0.1, -0.05) is 309 Å². The maximum absolute atomic E-state index is 13.0. The Balaban J connectivity index is 4.46. The van der Waals surface area contributed by atoms with Crippen LogP contribution >= 0.6 is 15.6 Å².